The molecule has 1 aromatic rings. The molecule has 0 radical (unpaired) electrons. The largest absolute Gasteiger partial charge is 0.357 e. The van der Waals surface area contributed by atoms with Crippen molar-refractivity contribution in [2.24, 2.45) is 4.99 Å². The molecule has 27 heavy (non-hydrogen) atoms. The van der Waals surface area contributed by atoms with Crippen molar-refractivity contribution in [1.29, 1.82) is 0 Å². The monoisotopic (exact) mass is 441 g/mol. The van der Waals surface area contributed by atoms with E-state index >= 15 is 0 Å². The summed E-state index contributed by atoms with van der Waals surface area (Å²) in [5, 5.41) is 3.31. The van der Waals surface area contributed by atoms with E-state index in [1.807, 2.05) is 13.0 Å². The third-order valence-corrected chi connectivity index (χ3v) is 5.13. The Morgan fingerprint density at radius 3 is 2.59 bits per heavy atom. The molecule has 1 aromatic carbocycles. The summed E-state index contributed by atoms with van der Waals surface area (Å²) in [6, 6.07) is 5.29. The second kappa shape index (κ2) is 10.6. The van der Waals surface area contributed by atoms with Gasteiger partial charge in [0.25, 0.3) is 0 Å². The van der Waals surface area contributed by atoms with E-state index in [1.165, 1.54) is 0 Å². The molecule has 0 aromatic heterocycles. The molecule has 2 rings (SSSR count). The molecule has 1 aliphatic rings. The summed E-state index contributed by atoms with van der Waals surface area (Å²) >= 11 is 3.19. The Bertz CT molecular complexity index is 660. The highest BCUT2D eigenvalue weighted by atomic mass is 79.9. The minimum Gasteiger partial charge on any atom is -0.357 e. The number of guanidine groups is 1. The van der Waals surface area contributed by atoms with Gasteiger partial charge in [0.1, 0.15) is 5.82 Å². The SMILES string of the molecule is CCNC(=NCCC(=O)N(C)C)N1CCN(Cc2ccc(Br)c(F)c2)CC1. The highest BCUT2D eigenvalue weighted by Crippen LogP contribution is 2.18. The minimum absolute atomic E-state index is 0.0844. The number of aliphatic imine (C=N–C) groups is 1. The van der Waals surface area contributed by atoms with Crippen molar-refractivity contribution in [2.75, 3.05) is 53.4 Å². The van der Waals surface area contributed by atoms with Crippen molar-refractivity contribution in [3.63, 3.8) is 0 Å². The zero-order chi connectivity index (χ0) is 19.8. The van der Waals surface area contributed by atoms with E-state index in [0.29, 0.717) is 17.4 Å². The molecule has 1 amide bonds. The van der Waals surface area contributed by atoms with Crippen LogP contribution >= 0.6 is 15.9 Å². The number of carbonyl (C=O) groups excluding carboxylic acids is 1. The zero-order valence-electron chi connectivity index (χ0n) is 16.3. The Morgan fingerprint density at radius 2 is 2.00 bits per heavy atom. The van der Waals surface area contributed by atoms with Crippen LogP contribution in [0.25, 0.3) is 0 Å². The molecule has 1 aliphatic heterocycles. The molecule has 0 spiro atoms. The Morgan fingerprint density at radius 1 is 1.30 bits per heavy atom. The van der Waals surface area contributed by atoms with E-state index in [4.69, 9.17) is 0 Å². The maximum Gasteiger partial charge on any atom is 0.223 e. The van der Waals surface area contributed by atoms with Crippen molar-refractivity contribution >= 4 is 27.8 Å². The molecule has 0 bridgehead atoms. The highest BCUT2D eigenvalue weighted by molar-refractivity contribution is 9.10. The lowest BCUT2D eigenvalue weighted by Crippen LogP contribution is -2.52. The molecule has 0 aliphatic carbocycles. The van der Waals surface area contributed by atoms with Crippen LogP contribution in [-0.2, 0) is 11.3 Å². The summed E-state index contributed by atoms with van der Waals surface area (Å²) in [5.74, 6) is 0.722. The Hall–Kier alpha value is -1.67. The van der Waals surface area contributed by atoms with Crippen LogP contribution in [0, 0.1) is 5.82 Å². The fraction of sp³-hybridized carbons (Fsp3) is 0.579. The van der Waals surface area contributed by atoms with Gasteiger partial charge < -0.3 is 15.1 Å². The summed E-state index contributed by atoms with van der Waals surface area (Å²) < 4.78 is 14.2. The van der Waals surface area contributed by atoms with E-state index < -0.39 is 0 Å². The first kappa shape index (κ1) is 21.6. The summed E-state index contributed by atoms with van der Waals surface area (Å²) in [5.41, 5.74) is 0.979. The number of halogens is 2. The molecular weight excluding hydrogens is 413 g/mol. The first-order valence-electron chi connectivity index (χ1n) is 9.30. The van der Waals surface area contributed by atoms with Crippen molar-refractivity contribution in [2.45, 2.75) is 19.9 Å². The molecule has 1 saturated heterocycles. The van der Waals surface area contributed by atoms with E-state index in [9.17, 15) is 9.18 Å². The van der Waals surface area contributed by atoms with Crippen molar-refractivity contribution in [3.05, 3.63) is 34.1 Å². The molecular formula is C19H29BrFN5O. The molecule has 150 valence electrons. The first-order chi connectivity index (χ1) is 12.9. The zero-order valence-corrected chi connectivity index (χ0v) is 17.9. The summed E-state index contributed by atoms with van der Waals surface area (Å²) in [4.78, 5) is 22.4. The molecule has 0 unspecified atom stereocenters. The van der Waals surface area contributed by atoms with Gasteiger partial charge in [0.05, 0.1) is 11.0 Å². The number of nitrogens with zero attached hydrogens (tertiary/aromatic N) is 4. The molecule has 8 heteroatoms. The van der Waals surface area contributed by atoms with Crippen LogP contribution in [0.4, 0.5) is 4.39 Å². The highest BCUT2D eigenvalue weighted by Gasteiger charge is 2.20. The minimum atomic E-state index is -0.222. The Balaban J connectivity index is 1.87. The van der Waals surface area contributed by atoms with Crippen molar-refractivity contribution < 1.29 is 9.18 Å². The molecule has 1 N–H and O–H groups in total. The number of nitrogens with one attached hydrogen (secondary N) is 1. The lowest BCUT2D eigenvalue weighted by atomic mass is 10.2. The second-order valence-electron chi connectivity index (χ2n) is 6.79. The molecule has 1 fully saturated rings. The van der Waals surface area contributed by atoms with Gasteiger partial charge in [-0.25, -0.2) is 4.39 Å². The predicted molar refractivity (Wildman–Crippen MR) is 110 cm³/mol. The van der Waals surface area contributed by atoms with Crippen LogP contribution in [0.15, 0.2) is 27.7 Å². The number of benzene rings is 1. The average molecular weight is 442 g/mol. The number of amides is 1. The molecule has 0 saturated carbocycles. The number of hydrogen-bond acceptors (Lipinski definition) is 3. The van der Waals surface area contributed by atoms with E-state index in [0.717, 1.165) is 50.8 Å². The molecule has 0 atom stereocenters. The fourth-order valence-corrected chi connectivity index (χ4v) is 3.17. The van der Waals surface area contributed by atoms with E-state index in [-0.39, 0.29) is 11.7 Å². The lowest BCUT2D eigenvalue weighted by molar-refractivity contribution is -0.128. The number of piperazine rings is 1. The van der Waals surface area contributed by atoms with Gasteiger partial charge in [-0.1, -0.05) is 6.07 Å². The third kappa shape index (κ3) is 6.77. The topological polar surface area (TPSA) is 51.2 Å². The molecule has 1 heterocycles. The standard InChI is InChI=1S/C19H29BrFN5O/c1-4-22-19(23-8-7-18(27)24(2)3)26-11-9-25(10-12-26)14-15-5-6-16(20)17(21)13-15/h5-6,13H,4,7-12,14H2,1-3H3,(H,22,23). The van der Waals surface area contributed by atoms with Gasteiger partial charge in [0, 0.05) is 59.8 Å². The Kier molecular flexibility index (Phi) is 8.50. The van der Waals surface area contributed by atoms with Crippen molar-refractivity contribution in [3.8, 4) is 0 Å². The van der Waals surface area contributed by atoms with Crippen LogP contribution in [0.2, 0.25) is 0 Å². The maximum atomic E-state index is 13.7. The van der Waals surface area contributed by atoms with Gasteiger partial charge in [0.2, 0.25) is 5.91 Å². The van der Waals surface area contributed by atoms with Gasteiger partial charge in [-0.05, 0) is 40.5 Å². The summed E-state index contributed by atoms with van der Waals surface area (Å²) in [6.45, 7) is 7.54. The van der Waals surface area contributed by atoms with Gasteiger partial charge in [-0.2, -0.15) is 0 Å². The Labute approximate surface area is 169 Å². The van der Waals surface area contributed by atoms with Crippen LogP contribution in [0.5, 0.6) is 0 Å². The van der Waals surface area contributed by atoms with Gasteiger partial charge in [-0.15, -0.1) is 0 Å². The second-order valence-corrected chi connectivity index (χ2v) is 7.64. The number of rotatable bonds is 6. The number of hydrogen-bond donors (Lipinski definition) is 1. The smallest absolute Gasteiger partial charge is 0.223 e. The lowest BCUT2D eigenvalue weighted by Gasteiger charge is -2.36. The summed E-state index contributed by atoms with van der Waals surface area (Å²) in [6.07, 6.45) is 0.414. The van der Waals surface area contributed by atoms with Gasteiger partial charge >= 0.3 is 0 Å². The van der Waals surface area contributed by atoms with Crippen LogP contribution < -0.4 is 5.32 Å². The quantitative estimate of drug-likeness (QED) is 0.542. The van der Waals surface area contributed by atoms with E-state index in [2.05, 4.69) is 36.0 Å². The van der Waals surface area contributed by atoms with Gasteiger partial charge in [-0.3, -0.25) is 14.7 Å². The first-order valence-corrected chi connectivity index (χ1v) is 10.1. The normalized spacial score (nSPS) is 15.7. The fourth-order valence-electron chi connectivity index (χ4n) is 2.92. The van der Waals surface area contributed by atoms with Crippen LogP contribution in [0.1, 0.15) is 18.9 Å². The van der Waals surface area contributed by atoms with Crippen molar-refractivity contribution in [1.82, 2.24) is 20.0 Å². The van der Waals surface area contributed by atoms with E-state index in [1.54, 1.807) is 31.1 Å². The molecule has 6 nitrogen and oxygen atoms in total. The van der Waals surface area contributed by atoms with Crippen LogP contribution in [0.3, 0.4) is 0 Å². The predicted octanol–water partition coefficient (Wildman–Crippen LogP) is 2.15. The average Bonchev–Trinajstić information content (AvgIpc) is 2.64. The summed E-state index contributed by atoms with van der Waals surface area (Å²) in [7, 11) is 3.52. The van der Waals surface area contributed by atoms with Crippen LogP contribution in [-0.4, -0.2) is 79.9 Å². The van der Waals surface area contributed by atoms with Gasteiger partial charge in [0.15, 0.2) is 5.96 Å². The maximum absolute atomic E-state index is 13.7. The number of carbonyl (C=O) groups is 1. The third-order valence-electron chi connectivity index (χ3n) is 4.48.